The smallest absolute Gasteiger partial charge is 0.220 e. The molecule has 412 valence electrons. The fraction of sp³-hybridized carbons (Fsp3) is 0.885. The fourth-order valence-corrected chi connectivity index (χ4v) is 9.64. The first-order valence-corrected chi connectivity index (χ1v) is 30.2. The van der Waals surface area contributed by atoms with Gasteiger partial charge in [-0.15, -0.1) is 0 Å². The van der Waals surface area contributed by atoms with Gasteiger partial charge < -0.3 is 40.3 Å². The number of carbonyl (C=O) groups excluding carboxylic acids is 1. The van der Waals surface area contributed by atoms with E-state index in [9.17, 15) is 30.3 Å². The van der Waals surface area contributed by atoms with E-state index in [0.717, 1.165) is 38.5 Å². The second-order valence-corrected chi connectivity index (χ2v) is 21.1. The van der Waals surface area contributed by atoms with Crippen LogP contribution in [0.2, 0.25) is 0 Å². The summed E-state index contributed by atoms with van der Waals surface area (Å²) < 4.78 is 11.2. The van der Waals surface area contributed by atoms with E-state index in [2.05, 4.69) is 43.5 Å². The molecule has 9 nitrogen and oxygen atoms in total. The van der Waals surface area contributed by atoms with E-state index in [1.165, 1.54) is 231 Å². The largest absolute Gasteiger partial charge is 0.394 e. The molecular weight excluding hydrogens is 875 g/mol. The lowest BCUT2D eigenvalue weighted by Gasteiger charge is -2.40. The van der Waals surface area contributed by atoms with Crippen molar-refractivity contribution < 1.29 is 39.8 Å². The average molecular weight is 991 g/mol. The normalized spacial score (nSPS) is 19.6. The molecule has 0 saturated carbocycles. The molecule has 1 aliphatic heterocycles. The van der Waals surface area contributed by atoms with Crippen LogP contribution in [0.4, 0.5) is 0 Å². The van der Waals surface area contributed by atoms with E-state index >= 15 is 0 Å². The molecule has 0 radical (unpaired) electrons. The van der Waals surface area contributed by atoms with Crippen molar-refractivity contribution in [3.63, 3.8) is 0 Å². The lowest BCUT2D eigenvalue weighted by atomic mass is 9.99. The zero-order valence-electron chi connectivity index (χ0n) is 45.8. The molecule has 1 fully saturated rings. The molecule has 70 heavy (non-hydrogen) atoms. The van der Waals surface area contributed by atoms with Gasteiger partial charge in [0, 0.05) is 6.42 Å². The van der Waals surface area contributed by atoms with Crippen molar-refractivity contribution in [1.29, 1.82) is 0 Å². The lowest BCUT2D eigenvalue weighted by molar-refractivity contribution is -0.302. The average Bonchev–Trinajstić information content (AvgIpc) is 3.36. The first-order chi connectivity index (χ1) is 34.3. The van der Waals surface area contributed by atoms with E-state index in [-0.39, 0.29) is 12.5 Å². The minimum atomic E-state index is -1.57. The summed E-state index contributed by atoms with van der Waals surface area (Å²) in [6, 6.07) is -0.820. The molecule has 1 heterocycles. The van der Waals surface area contributed by atoms with Gasteiger partial charge in [-0.2, -0.15) is 0 Å². The zero-order valence-corrected chi connectivity index (χ0v) is 45.8. The van der Waals surface area contributed by atoms with E-state index in [1.807, 2.05) is 6.08 Å². The SMILES string of the molecule is CCCCCCCCCCC/C=C/CC/C=C/C(O)C(COC1OC(CO)C(O)C(O)C1O)NC(=O)CCCCCCCCCCCCCCCCCC/C=C\CCCCCCCCCCCCCC. The van der Waals surface area contributed by atoms with Crippen molar-refractivity contribution in [2.45, 2.75) is 333 Å². The van der Waals surface area contributed by atoms with Gasteiger partial charge in [-0.3, -0.25) is 4.79 Å². The van der Waals surface area contributed by atoms with Gasteiger partial charge in [0.25, 0.3) is 0 Å². The molecule has 0 spiro atoms. The zero-order chi connectivity index (χ0) is 50.8. The Morgan fingerprint density at radius 1 is 0.471 bits per heavy atom. The number of hydrogen-bond acceptors (Lipinski definition) is 8. The van der Waals surface area contributed by atoms with Crippen LogP contribution in [0.25, 0.3) is 0 Å². The van der Waals surface area contributed by atoms with E-state index in [1.54, 1.807) is 6.08 Å². The van der Waals surface area contributed by atoms with Crippen LogP contribution < -0.4 is 5.32 Å². The predicted molar refractivity (Wildman–Crippen MR) is 295 cm³/mol. The summed E-state index contributed by atoms with van der Waals surface area (Å²) in [5.74, 6) is -0.183. The number of amides is 1. The molecule has 1 saturated heterocycles. The minimum Gasteiger partial charge on any atom is -0.394 e. The Hall–Kier alpha value is -1.59. The maximum absolute atomic E-state index is 13.0. The van der Waals surface area contributed by atoms with Crippen LogP contribution >= 0.6 is 0 Å². The number of hydrogen-bond donors (Lipinski definition) is 6. The Balaban J connectivity index is 2.13. The van der Waals surface area contributed by atoms with Crippen molar-refractivity contribution in [3.8, 4) is 0 Å². The molecular formula is C61H115NO8. The number of unbranched alkanes of at least 4 members (excludes halogenated alkanes) is 38. The van der Waals surface area contributed by atoms with E-state index < -0.39 is 49.5 Å². The van der Waals surface area contributed by atoms with Crippen molar-refractivity contribution in [2.75, 3.05) is 13.2 Å². The third-order valence-electron chi connectivity index (χ3n) is 14.4. The highest BCUT2D eigenvalue weighted by Crippen LogP contribution is 2.23. The first kappa shape index (κ1) is 66.4. The predicted octanol–water partition coefficient (Wildman–Crippen LogP) is 15.1. The molecule has 1 amide bonds. The number of aliphatic hydroxyl groups is 5. The molecule has 7 unspecified atom stereocenters. The van der Waals surface area contributed by atoms with E-state index in [4.69, 9.17) is 9.47 Å². The standard InChI is InChI=1S/C61H115NO8/c1-3-5-7-9-11-13-15-17-19-20-21-22-23-24-25-26-27-28-29-30-31-32-33-34-35-37-39-41-43-45-47-49-51-57(65)62-54(53-69-61-60(68)59(67)58(66)56(52-63)70-61)55(64)50-48-46-44-42-40-38-36-18-16-14-12-10-8-6-4-2/h24-25,40,42,48,50,54-56,58-61,63-64,66-68H,3-23,26-39,41,43-47,49,51-53H2,1-2H3,(H,62,65)/b25-24-,42-40+,50-48+. The van der Waals surface area contributed by atoms with Crippen molar-refractivity contribution in [1.82, 2.24) is 5.32 Å². The minimum absolute atomic E-state index is 0.183. The van der Waals surface area contributed by atoms with E-state index in [0.29, 0.717) is 6.42 Å². The lowest BCUT2D eigenvalue weighted by Crippen LogP contribution is -2.60. The van der Waals surface area contributed by atoms with Crippen LogP contribution in [0, 0.1) is 0 Å². The van der Waals surface area contributed by atoms with Crippen molar-refractivity contribution >= 4 is 5.91 Å². The molecule has 6 N–H and O–H groups in total. The van der Waals surface area contributed by atoms with Crippen LogP contribution in [-0.2, 0) is 14.3 Å². The molecule has 0 aliphatic carbocycles. The van der Waals surface area contributed by atoms with Gasteiger partial charge in [-0.25, -0.2) is 0 Å². The maximum atomic E-state index is 13.0. The topological polar surface area (TPSA) is 149 Å². The molecule has 0 bridgehead atoms. The fourth-order valence-electron chi connectivity index (χ4n) is 9.64. The summed E-state index contributed by atoms with van der Waals surface area (Å²) >= 11 is 0. The highest BCUT2D eigenvalue weighted by atomic mass is 16.7. The summed E-state index contributed by atoms with van der Waals surface area (Å²) in [6.07, 6.45) is 59.5. The van der Waals surface area contributed by atoms with Gasteiger partial charge in [-0.1, -0.05) is 262 Å². The highest BCUT2D eigenvalue weighted by molar-refractivity contribution is 5.76. The number of ether oxygens (including phenoxy) is 2. The third kappa shape index (κ3) is 39.9. The monoisotopic (exact) mass is 990 g/mol. The number of aliphatic hydroxyl groups excluding tert-OH is 5. The van der Waals surface area contributed by atoms with Gasteiger partial charge in [0.1, 0.15) is 24.4 Å². The van der Waals surface area contributed by atoms with Gasteiger partial charge in [0.2, 0.25) is 5.91 Å². The third-order valence-corrected chi connectivity index (χ3v) is 14.4. The number of allylic oxidation sites excluding steroid dienone is 5. The number of carbonyl (C=O) groups is 1. The second kappa shape index (κ2) is 50.9. The highest BCUT2D eigenvalue weighted by Gasteiger charge is 2.44. The molecule has 0 aromatic carbocycles. The van der Waals surface area contributed by atoms with Gasteiger partial charge in [0.05, 0.1) is 25.4 Å². The first-order valence-electron chi connectivity index (χ1n) is 30.2. The Bertz CT molecular complexity index is 1190. The Kier molecular flexibility index (Phi) is 48.3. The van der Waals surface area contributed by atoms with Crippen LogP contribution in [0.3, 0.4) is 0 Å². The van der Waals surface area contributed by atoms with Crippen molar-refractivity contribution in [2.24, 2.45) is 0 Å². The quantitative estimate of drug-likeness (QED) is 0.0261. The van der Waals surface area contributed by atoms with Crippen LogP contribution in [-0.4, -0.2) is 87.5 Å². The van der Waals surface area contributed by atoms with Crippen molar-refractivity contribution in [3.05, 3.63) is 36.5 Å². The molecule has 7 atom stereocenters. The summed E-state index contributed by atoms with van der Waals surface area (Å²) in [5.41, 5.74) is 0. The van der Waals surface area contributed by atoms with Crippen LogP contribution in [0.1, 0.15) is 290 Å². The van der Waals surface area contributed by atoms with Crippen LogP contribution in [0.5, 0.6) is 0 Å². The van der Waals surface area contributed by atoms with Gasteiger partial charge >= 0.3 is 0 Å². The molecule has 0 aromatic rings. The summed E-state index contributed by atoms with van der Waals surface area (Å²) in [5, 5.41) is 54.4. The van der Waals surface area contributed by atoms with Gasteiger partial charge in [-0.05, 0) is 57.8 Å². The second-order valence-electron chi connectivity index (χ2n) is 21.1. The van der Waals surface area contributed by atoms with Gasteiger partial charge in [0.15, 0.2) is 6.29 Å². The summed E-state index contributed by atoms with van der Waals surface area (Å²) in [6.45, 7) is 3.78. The number of nitrogens with one attached hydrogen (secondary N) is 1. The molecule has 9 heteroatoms. The maximum Gasteiger partial charge on any atom is 0.220 e. The molecule has 1 aliphatic rings. The Morgan fingerprint density at radius 3 is 1.20 bits per heavy atom. The Labute approximate surface area is 431 Å². The molecule has 0 aromatic heterocycles. The summed E-state index contributed by atoms with van der Waals surface area (Å²) in [4.78, 5) is 13.0. The summed E-state index contributed by atoms with van der Waals surface area (Å²) in [7, 11) is 0. The Morgan fingerprint density at radius 2 is 0.814 bits per heavy atom. The van der Waals surface area contributed by atoms with Crippen LogP contribution in [0.15, 0.2) is 36.5 Å². The molecule has 1 rings (SSSR count). The number of rotatable bonds is 52.